The molecule has 0 aromatic carbocycles. The number of hydrogen-bond acceptors (Lipinski definition) is 3. The molecule has 0 rings (SSSR count). The van der Waals surface area contributed by atoms with Crippen molar-refractivity contribution in [1.29, 1.82) is 0 Å². The third-order valence-electron chi connectivity index (χ3n) is 0.893. The van der Waals surface area contributed by atoms with Gasteiger partial charge in [-0.15, -0.1) is 0 Å². The minimum atomic E-state index is -0.279. The molecule has 0 aromatic rings. The second-order valence-electron chi connectivity index (χ2n) is 1.51. The molecule has 0 atom stereocenters. The first-order valence-electron chi connectivity index (χ1n) is 2.31. The molecule has 0 heterocycles. The lowest BCUT2D eigenvalue weighted by molar-refractivity contribution is 0.260. The fourth-order valence-electron chi connectivity index (χ4n) is 0.279. The van der Waals surface area contributed by atoms with Crippen LogP contribution >= 0.6 is 0 Å². The molecule has 0 radical (unpaired) electrons. The quantitative estimate of drug-likeness (QED) is 0.440. The number of hydrogen-bond donors (Lipinski definition) is 3. The van der Waals surface area contributed by atoms with Gasteiger partial charge in [-0.2, -0.15) is 0 Å². The summed E-state index contributed by atoms with van der Waals surface area (Å²) in [5.41, 5.74) is 0.269. The minimum Gasteiger partial charge on any atom is -0.512 e. The largest absolute Gasteiger partial charge is 0.512 e. The topological polar surface area (TPSA) is 60.7 Å². The van der Waals surface area contributed by atoms with Crippen LogP contribution in [0.15, 0.2) is 11.3 Å². The van der Waals surface area contributed by atoms with Crippen LogP contribution < -0.4 is 0 Å². The average molecular weight is 118 g/mol. The molecule has 0 saturated heterocycles. The van der Waals surface area contributed by atoms with Crippen molar-refractivity contribution in [2.45, 2.75) is 6.92 Å². The van der Waals surface area contributed by atoms with Gasteiger partial charge in [0.2, 0.25) is 0 Å². The van der Waals surface area contributed by atoms with E-state index >= 15 is 0 Å². The van der Waals surface area contributed by atoms with Crippen molar-refractivity contribution in [3.8, 4) is 0 Å². The first-order chi connectivity index (χ1) is 3.72. The van der Waals surface area contributed by atoms with Gasteiger partial charge in [-0.3, -0.25) is 0 Å². The Morgan fingerprint density at radius 1 is 1.25 bits per heavy atom. The zero-order valence-electron chi connectivity index (χ0n) is 4.76. The molecule has 3 nitrogen and oxygen atoms in total. The van der Waals surface area contributed by atoms with Gasteiger partial charge in [-0.05, 0) is 6.92 Å². The highest BCUT2D eigenvalue weighted by Gasteiger charge is 1.95. The summed E-state index contributed by atoms with van der Waals surface area (Å²) >= 11 is 0. The smallest absolute Gasteiger partial charge is 0.0929 e. The van der Waals surface area contributed by atoms with Crippen LogP contribution in [0.1, 0.15) is 6.92 Å². The van der Waals surface area contributed by atoms with Gasteiger partial charge in [0.25, 0.3) is 0 Å². The molecule has 0 bridgehead atoms. The summed E-state index contributed by atoms with van der Waals surface area (Å²) in [5, 5.41) is 25.2. The summed E-state index contributed by atoms with van der Waals surface area (Å²) < 4.78 is 0. The van der Waals surface area contributed by atoms with Crippen LogP contribution in [0.4, 0.5) is 0 Å². The molecule has 0 amide bonds. The highest BCUT2D eigenvalue weighted by atomic mass is 16.3. The summed E-state index contributed by atoms with van der Waals surface area (Å²) in [5.74, 6) is -0.00463. The predicted octanol–water partition coefficient (Wildman–Crippen LogP) is -0.197. The highest BCUT2D eigenvalue weighted by Crippen LogP contribution is 1.96. The molecule has 0 aromatic heterocycles. The average Bonchev–Trinajstić information content (AvgIpc) is 1.69. The molecular weight excluding hydrogens is 108 g/mol. The van der Waals surface area contributed by atoms with E-state index in [0.29, 0.717) is 0 Å². The normalized spacial score (nSPS) is 8.88. The van der Waals surface area contributed by atoms with Gasteiger partial charge in [-0.1, -0.05) is 0 Å². The molecule has 8 heavy (non-hydrogen) atoms. The maximum absolute atomic E-state index is 8.57. The van der Waals surface area contributed by atoms with Crippen molar-refractivity contribution >= 4 is 0 Å². The van der Waals surface area contributed by atoms with Gasteiger partial charge in [0, 0.05) is 5.57 Å². The minimum absolute atomic E-state index is 0.00463. The lowest BCUT2D eigenvalue weighted by atomic mass is 10.3. The van der Waals surface area contributed by atoms with E-state index in [1.54, 1.807) is 0 Å². The van der Waals surface area contributed by atoms with E-state index in [-0.39, 0.29) is 24.5 Å². The molecule has 0 aliphatic carbocycles. The van der Waals surface area contributed by atoms with E-state index in [1.165, 1.54) is 6.92 Å². The summed E-state index contributed by atoms with van der Waals surface area (Å²) in [7, 11) is 0. The van der Waals surface area contributed by atoms with Crippen molar-refractivity contribution in [1.82, 2.24) is 0 Å². The molecule has 0 spiro atoms. The molecule has 0 saturated carbocycles. The molecule has 3 heteroatoms. The maximum atomic E-state index is 8.57. The van der Waals surface area contributed by atoms with E-state index < -0.39 is 0 Å². The number of allylic oxidation sites excluding steroid dienone is 1. The standard InChI is InChI=1S/C5H10O3/c1-4(8)5(2-6)3-7/h6-8H,2-3H2,1H3. The number of aliphatic hydroxyl groups excluding tert-OH is 3. The lowest BCUT2D eigenvalue weighted by Gasteiger charge is -1.97. The van der Waals surface area contributed by atoms with Crippen molar-refractivity contribution in [2.24, 2.45) is 0 Å². The number of aliphatic hydroxyl groups is 3. The fraction of sp³-hybridized carbons (Fsp3) is 0.600. The molecular formula is C5H10O3. The third-order valence-corrected chi connectivity index (χ3v) is 0.893. The zero-order chi connectivity index (χ0) is 6.57. The Bertz CT molecular complexity index is 85.8. The van der Waals surface area contributed by atoms with Crippen LogP contribution in [0.2, 0.25) is 0 Å². The van der Waals surface area contributed by atoms with Gasteiger partial charge < -0.3 is 15.3 Å². The molecule has 0 unspecified atom stereocenters. The second kappa shape index (κ2) is 3.46. The monoisotopic (exact) mass is 118 g/mol. The van der Waals surface area contributed by atoms with Gasteiger partial charge >= 0.3 is 0 Å². The van der Waals surface area contributed by atoms with E-state index in [4.69, 9.17) is 15.3 Å². The van der Waals surface area contributed by atoms with Crippen molar-refractivity contribution in [2.75, 3.05) is 13.2 Å². The number of rotatable bonds is 2. The predicted molar refractivity (Wildman–Crippen MR) is 29.5 cm³/mol. The van der Waals surface area contributed by atoms with Crippen LogP contribution in [0.25, 0.3) is 0 Å². The third kappa shape index (κ3) is 1.95. The van der Waals surface area contributed by atoms with Crippen LogP contribution in [-0.4, -0.2) is 28.5 Å². The Labute approximate surface area is 47.9 Å². The van der Waals surface area contributed by atoms with Crippen LogP contribution in [-0.2, 0) is 0 Å². The Hall–Kier alpha value is -0.540. The summed E-state index contributed by atoms with van der Waals surface area (Å²) in [6.07, 6.45) is 0. The van der Waals surface area contributed by atoms with Crippen molar-refractivity contribution in [3.63, 3.8) is 0 Å². The Kier molecular flexibility index (Phi) is 3.23. The summed E-state index contributed by atoms with van der Waals surface area (Å²) in [6, 6.07) is 0. The molecule has 0 aliphatic rings. The molecule has 0 fully saturated rings. The SMILES string of the molecule is CC(O)=C(CO)CO. The van der Waals surface area contributed by atoms with E-state index in [9.17, 15) is 0 Å². The van der Waals surface area contributed by atoms with E-state index in [1.807, 2.05) is 0 Å². The van der Waals surface area contributed by atoms with Crippen LogP contribution in [0.3, 0.4) is 0 Å². The zero-order valence-corrected chi connectivity index (χ0v) is 4.76. The molecule has 48 valence electrons. The maximum Gasteiger partial charge on any atom is 0.0929 e. The lowest BCUT2D eigenvalue weighted by Crippen LogP contribution is -1.98. The van der Waals surface area contributed by atoms with Crippen LogP contribution in [0, 0.1) is 0 Å². The van der Waals surface area contributed by atoms with Gasteiger partial charge in [0.15, 0.2) is 0 Å². The molecule has 3 N–H and O–H groups in total. The van der Waals surface area contributed by atoms with Gasteiger partial charge in [0.1, 0.15) is 0 Å². The van der Waals surface area contributed by atoms with Gasteiger partial charge in [0.05, 0.1) is 19.0 Å². The second-order valence-corrected chi connectivity index (χ2v) is 1.51. The Morgan fingerprint density at radius 3 is 1.62 bits per heavy atom. The van der Waals surface area contributed by atoms with E-state index in [0.717, 1.165) is 0 Å². The van der Waals surface area contributed by atoms with E-state index in [2.05, 4.69) is 0 Å². The van der Waals surface area contributed by atoms with Gasteiger partial charge in [-0.25, -0.2) is 0 Å². The summed E-state index contributed by atoms with van der Waals surface area (Å²) in [4.78, 5) is 0. The highest BCUT2D eigenvalue weighted by molar-refractivity contribution is 5.05. The Balaban J connectivity index is 3.86. The first kappa shape index (κ1) is 7.46. The van der Waals surface area contributed by atoms with Crippen molar-refractivity contribution in [3.05, 3.63) is 11.3 Å². The van der Waals surface area contributed by atoms with Crippen LogP contribution in [0.5, 0.6) is 0 Å². The first-order valence-corrected chi connectivity index (χ1v) is 2.31. The molecule has 0 aliphatic heterocycles. The van der Waals surface area contributed by atoms with Crippen molar-refractivity contribution < 1.29 is 15.3 Å². The fourth-order valence-corrected chi connectivity index (χ4v) is 0.279. The summed E-state index contributed by atoms with van der Waals surface area (Å²) in [6.45, 7) is 0.861. The Morgan fingerprint density at radius 2 is 1.62 bits per heavy atom.